The maximum Gasteiger partial charge on any atom is 0.326 e. The largest absolute Gasteiger partial charge is 0.393 e. The molecule has 0 rings (SSSR count). The third kappa shape index (κ3) is 4.84. The van der Waals surface area contributed by atoms with E-state index in [9.17, 15) is 9.59 Å². The molecule has 3 nitrogen and oxygen atoms in total. The second-order valence-corrected chi connectivity index (χ2v) is 2.84. The minimum Gasteiger partial charge on any atom is -0.393 e. The molecular formula is C7H12O3S. The molecule has 0 fully saturated rings. The molecule has 0 bridgehead atoms. The van der Waals surface area contributed by atoms with Crippen LogP contribution in [0.2, 0.25) is 0 Å². The summed E-state index contributed by atoms with van der Waals surface area (Å²) in [6.07, 6.45) is 1.48. The Morgan fingerprint density at radius 1 is 1.55 bits per heavy atom. The van der Waals surface area contributed by atoms with E-state index in [0.717, 1.165) is 6.42 Å². The van der Waals surface area contributed by atoms with Gasteiger partial charge in [0.15, 0.2) is 0 Å². The molecule has 64 valence electrons. The average Bonchev–Trinajstić information content (AvgIpc) is 1.86. The zero-order valence-corrected chi connectivity index (χ0v) is 7.56. The molecule has 0 aromatic rings. The highest BCUT2D eigenvalue weighted by Crippen LogP contribution is 2.06. The van der Waals surface area contributed by atoms with E-state index in [1.807, 2.05) is 6.92 Å². The maximum absolute atomic E-state index is 10.8. The van der Waals surface area contributed by atoms with Gasteiger partial charge < -0.3 is 4.74 Å². The Bertz CT molecular complexity index is 156. The number of carbonyl (C=O) groups is 2. The molecular weight excluding hydrogens is 164 g/mol. The van der Waals surface area contributed by atoms with Crippen LogP contribution in [0.1, 0.15) is 26.7 Å². The fourth-order valence-electron chi connectivity index (χ4n) is 0.601. The molecule has 0 N–H and O–H groups in total. The molecule has 0 amide bonds. The lowest BCUT2D eigenvalue weighted by Gasteiger charge is -2.05. The molecule has 11 heavy (non-hydrogen) atoms. The van der Waals surface area contributed by atoms with Gasteiger partial charge in [0, 0.05) is 6.92 Å². The number of rotatable bonds is 3. The zero-order valence-electron chi connectivity index (χ0n) is 6.66. The molecule has 0 saturated heterocycles. The smallest absolute Gasteiger partial charge is 0.326 e. The van der Waals surface area contributed by atoms with Gasteiger partial charge in [0.25, 0.3) is 0 Å². The third-order valence-corrected chi connectivity index (χ3v) is 1.55. The quantitative estimate of drug-likeness (QED) is 0.399. The number of ether oxygens (including phenoxy) is 1. The average molecular weight is 176 g/mol. The van der Waals surface area contributed by atoms with Gasteiger partial charge in [0.05, 0.1) is 0 Å². The molecule has 1 atom stereocenters. The van der Waals surface area contributed by atoms with Crippen LogP contribution in [0.5, 0.6) is 0 Å². The van der Waals surface area contributed by atoms with Gasteiger partial charge in [-0.25, -0.2) is 0 Å². The van der Waals surface area contributed by atoms with Crippen molar-refractivity contribution in [2.24, 2.45) is 0 Å². The summed E-state index contributed by atoms with van der Waals surface area (Å²) in [4.78, 5) is 21.1. The SMILES string of the molecule is CCCC(S)C(=O)OC(C)=O. The van der Waals surface area contributed by atoms with Crippen molar-refractivity contribution in [3.8, 4) is 0 Å². The van der Waals surface area contributed by atoms with Crippen LogP contribution in [0.3, 0.4) is 0 Å². The van der Waals surface area contributed by atoms with Crippen LogP contribution >= 0.6 is 12.6 Å². The predicted molar refractivity (Wildman–Crippen MR) is 44.5 cm³/mol. The fourth-order valence-corrected chi connectivity index (χ4v) is 0.912. The van der Waals surface area contributed by atoms with Crippen LogP contribution in [-0.2, 0) is 14.3 Å². The molecule has 0 radical (unpaired) electrons. The molecule has 0 aliphatic heterocycles. The van der Waals surface area contributed by atoms with Gasteiger partial charge in [-0.2, -0.15) is 12.6 Å². The van der Waals surface area contributed by atoms with E-state index < -0.39 is 17.2 Å². The maximum atomic E-state index is 10.8. The molecule has 0 aromatic carbocycles. The first-order valence-electron chi connectivity index (χ1n) is 3.48. The van der Waals surface area contributed by atoms with Gasteiger partial charge >= 0.3 is 11.9 Å². The van der Waals surface area contributed by atoms with Crippen LogP contribution in [0.4, 0.5) is 0 Å². The van der Waals surface area contributed by atoms with Crippen molar-refractivity contribution in [1.82, 2.24) is 0 Å². The summed E-state index contributed by atoms with van der Waals surface area (Å²) in [6, 6.07) is 0. The summed E-state index contributed by atoms with van der Waals surface area (Å²) >= 11 is 3.95. The van der Waals surface area contributed by atoms with Crippen LogP contribution in [0.15, 0.2) is 0 Å². The Morgan fingerprint density at radius 3 is 2.45 bits per heavy atom. The van der Waals surface area contributed by atoms with E-state index in [1.54, 1.807) is 0 Å². The summed E-state index contributed by atoms with van der Waals surface area (Å²) in [5, 5.41) is -0.469. The van der Waals surface area contributed by atoms with E-state index >= 15 is 0 Å². The van der Waals surface area contributed by atoms with Crippen molar-refractivity contribution in [3.63, 3.8) is 0 Å². The molecule has 0 spiro atoms. The standard InChI is InChI=1S/C7H12O3S/c1-3-4-6(11)7(9)10-5(2)8/h6,11H,3-4H2,1-2H3. The Balaban J connectivity index is 3.73. The summed E-state index contributed by atoms with van der Waals surface area (Å²) in [5.74, 6) is -1.13. The van der Waals surface area contributed by atoms with Crippen molar-refractivity contribution < 1.29 is 14.3 Å². The lowest BCUT2D eigenvalue weighted by molar-refractivity contribution is -0.157. The summed E-state index contributed by atoms with van der Waals surface area (Å²) in [5.41, 5.74) is 0. The van der Waals surface area contributed by atoms with Gasteiger partial charge in [0.1, 0.15) is 5.25 Å². The Kier molecular flexibility index (Phi) is 4.94. The van der Waals surface area contributed by atoms with Crippen molar-refractivity contribution in [2.75, 3.05) is 0 Å². The molecule has 0 aromatic heterocycles. The zero-order chi connectivity index (χ0) is 8.85. The lowest BCUT2D eigenvalue weighted by Crippen LogP contribution is -2.19. The number of thiol groups is 1. The number of hydrogen-bond donors (Lipinski definition) is 1. The van der Waals surface area contributed by atoms with Crippen LogP contribution in [0, 0.1) is 0 Å². The summed E-state index contributed by atoms with van der Waals surface area (Å²) < 4.78 is 4.31. The number of hydrogen-bond acceptors (Lipinski definition) is 4. The first-order chi connectivity index (χ1) is 5.07. The van der Waals surface area contributed by atoms with E-state index in [2.05, 4.69) is 17.4 Å². The third-order valence-electron chi connectivity index (χ3n) is 1.08. The van der Waals surface area contributed by atoms with Gasteiger partial charge in [0.2, 0.25) is 0 Å². The van der Waals surface area contributed by atoms with Crippen molar-refractivity contribution in [2.45, 2.75) is 31.9 Å². The number of carbonyl (C=O) groups excluding carboxylic acids is 2. The summed E-state index contributed by atoms with van der Waals surface area (Å²) in [7, 11) is 0. The second kappa shape index (κ2) is 5.18. The molecule has 0 aliphatic carbocycles. The highest BCUT2D eigenvalue weighted by Gasteiger charge is 2.15. The van der Waals surface area contributed by atoms with Gasteiger partial charge in [-0.1, -0.05) is 13.3 Å². The molecule has 0 saturated carbocycles. The predicted octanol–water partition coefficient (Wildman–Crippen LogP) is 1.17. The topological polar surface area (TPSA) is 43.4 Å². The Hall–Kier alpha value is -0.510. The molecule has 1 unspecified atom stereocenters. The van der Waals surface area contributed by atoms with Crippen LogP contribution in [-0.4, -0.2) is 17.2 Å². The highest BCUT2D eigenvalue weighted by molar-refractivity contribution is 7.81. The number of esters is 2. The van der Waals surface area contributed by atoms with E-state index in [-0.39, 0.29) is 0 Å². The van der Waals surface area contributed by atoms with Gasteiger partial charge in [-0.3, -0.25) is 9.59 Å². The first kappa shape index (κ1) is 10.5. The highest BCUT2D eigenvalue weighted by atomic mass is 32.1. The van der Waals surface area contributed by atoms with Crippen molar-refractivity contribution in [1.29, 1.82) is 0 Å². The van der Waals surface area contributed by atoms with E-state index in [0.29, 0.717) is 6.42 Å². The van der Waals surface area contributed by atoms with Crippen molar-refractivity contribution >= 4 is 24.6 Å². The summed E-state index contributed by atoms with van der Waals surface area (Å²) in [6.45, 7) is 3.13. The van der Waals surface area contributed by atoms with E-state index in [1.165, 1.54) is 6.92 Å². The second-order valence-electron chi connectivity index (χ2n) is 2.22. The normalized spacial score (nSPS) is 12.3. The minimum absolute atomic E-state index is 0.469. The first-order valence-corrected chi connectivity index (χ1v) is 4.00. The molecule has 0 heterocycles. The van der Waals surface area contributed by atoms with Gasteiger partial charge in [-0.15, -0.1) is 0 Å². The Labute approximate surface area is 71.5 Å². The molecule has 4 heteroatoms. The van der Waals surface area contributed by atoms with Crippen molar-refractivity contribution in [3.05, 3.63) is 0 Å². The van der Waals surface area contributed by atoms with Crippen LogP contribution in [0.25, 0.3) is 0 Å². The van der Waals surface area contributed by atoms with Crippen LogP contribution < -0.4 is 0 Å². The van der Waals surface area contributed by atoms with Gasteiger partial charge in [-0.05, 0) is 6.42 Å². The van der Waals surface area contributed by atoms with E-state index in [4.69, 9.17) is 0 Å². The lowest BCUT2D eigenvalue weighted by atomic mass is 10.2. The Morgan fingerprint density at radius 2 is 2.09 bits per heavy atom. The molecule has 0 aliphatic rings. The fraction of sp³-hybridized carbons (Fsp3) is 0.714. The monoisotopic (exact) mass is 176 g/mol. The minimum atomic E-state index is -0.579.